The molecule has 3 nitrogen and oxygen atoms in total. The van der Waals surface area contributed by atoms with Crippen molar-refractivity contribution >= 4 is 43.5 Å². The van der Waals surface area contributed by atoms with Gasteiger partial charge in [-0.05, 0) is 51.2 Å². The average molecular weight is 538 g/mol. The summed E-state index contributed by atoms with van der Waals surface area (Å²) >= 11 is 0. The molecule has 0 amide bonds. The SMILES string of the molecule is CC1(C)c2ccc3c(c2-c2cccc4cccc1c24)c1ccccc1n3-c1nc(-c2ccccc2)c2ccccc2n1. The fourth-order valence-electron chi connectivity index (χ4n) is 7.27. The Hall–Kier alpha value is -5.28. The van der Waals surface area contributed by atoms with Crippen LogP contribution in [0, 0.1) is 0 Å². The molecular weight excluding hydrogens is 510 g/mol. The van der Waals surface area contributed by atoms with Gasteiger partial charge in [0.2, 0.25) is 5.95 Å². The van der Waals surface area contributed by atoms with Gasteiger partial charge in [0, 0.05) is 27.1 Å². The fraction of sp³-hybridized carbons (Fsp3) is 0.0769. The summed E-state index contributed by atoms with van der Waals surface area (Å²) in [6, 6.07) is 45.5. The van der Waals surface area contributed by atoms with Crippen molar-refractivity contribution in [3.63, 3.8) is 0 Å². The number of fused-ring (bicyclic) bond motifs is 7. The standard InChI is InChI=1S/C39H27N3/c1-39(2)29-19-11-15-24-14-10-18-28(34(24)29)35-30(39)22-23-33-36(35)27-17-7-9-21-32(27)42(33)38-40-31-20-8-6-16-26(31)37(41-38)25-12-4-3-5-13-25/h3-23H,1-2H3. The minimum atomic E-state index is -0.138. The number of benzene rings is 6. The number of rotatable bonds is 2. The second-order valence-corrected chi connectivity index (χ2v) is 11.8. The molecule has 0 spiro atoms. The van der Waals surface area contributed by atoms with Crippen molar-refractivity contribution in [3.05, 3.63) is 139 Å². The Bertz CT molecular complexity index is 2370. The molecule has 2 aromatic heterocycles. The highest BCUT2D eigenvalue weighted by molar-refractivity contribution is 6.20. The molecule has 0 radical (unpaired) electrons. The van der Waals surface area contributed by atoms with E-state index in [2.05, 4.69) is 140 Å². The monoisotopic (exact) mass is 537 g/mol. The van der Waals surface area contributed by atoms with Crippen LogP contribution in [0.5, 0.6) is 0 Å². The van der Waals surface area contributed by atoms with Crippen molar-refractivity contribution in [3.8, 4) is 28.3 Å². The lowest BCUT2D eigenvalue weighted by atomic mass is 9.68. The predicted octanol–water partition coefficient (Wildman–Crippen LogP) is 9.85. The van der Waals surface area contributed by atoms with E-state index in [1.807, 2.05) is 6.07 Å². The number of aromatic nitrogens is 3. The Balaban J connectivity index is 1.44. The van der Waals surface area contributed by atoms with Crippen LogP contribution in [0.15, 0.2) is 127 Å². The van der Waals surface area contributed by atoms with Gasteiger partial charge in [0.1, 0.15) is 0 Å². The van der Waals surface area contributed by atoms with Crippen LogP contribution < -0.4 is 0 Å². The van der Waals surface area contributed by atoms with Gasteiger partial charge < -0.3 is 0 Å². The summed E-state index contributed by atoms with van der Waals surface area (Å²) in [4.78, 5) is 10.5. The Morgan fingerprint density at radius 3 is 2.14 bits per heavy atom. The summed E-state index contributed by atoms with van der Waals surface area (Å²) in [5, 5.41) is 6.17. The summed E-state index contributed by atoms with van der Waals surface area (Å²) in [6.45, 7) is 4.72. The molecule has 42 heavy (non-hydrogen) atoms. The molecular formula is C39H27N3. The average Bonchev–Trinajstić information content (AvgIpc) is 3.38. The van der Waals surface area contributed by atoms with Crippen molar-refractivity contribution in [1.29, 1.82) is 0 Å². The van der Waals surface area contributed by atoms with Crippen LogP contribution in [-0.2, 0) is 5.41 Å². The Morgan fingerprint density at radius 2 is 1.29 bits per heavy atom. The minimum absolute atomic E-state index is 0.138. The molecule has 6 aromatic carbocycles. The van der Waals surface area contributed by atoms with E-state index in [4.69, 9.17) is 9.97 Å². The second kappa shape index (κ2) is 8.37. The molecule has 3 heteroatoms. The fourth-order valence-corrected chi connectivity index (χ4v) is 7.27. The first kappa shape index (κ1) is 23.4. The molecule has 0 fully saturated rings. The number of nitrogens with zero attached hydrogens (tertiary/aromatic N) is 3. The van der Waals surface area contributed by atoms with E-state index in [0.29, 0.717) is 5.95 Å². The van der Waals surface area contributed by atoms with Gasteiger partial charge in [-0.15, -0.1) is 0 Å². The minimum Gasteiger partial charge on any atom is -0.278 e. The maximum absolute atomic E-state index is 5.28. The van der Waals surface area contributed by atoms with Crippen molar-refractivity contribution in [2.24, 2.45) is 0 Å². The molecule has 0 atom stereocenters. The summed E-state index contributed by atoms with van der Waals surface area (Å²) in [7, 11) is 0. The zero-order valence-corrected chi connectivity index (χ0v) is 23.5. The van der Waals surface area contributed by atoms with E-state index in [9.17, 15) is 0 Å². The molecule has 2 heterocycles. The lowest BCUT2D eigenvalue weighted by molar-refractivity contribution is 0.646. The molecule has 8 aromatic rings. The van der Waals surface area contributed by atoms with E-state index < -0.39 is 0 Å². The lowest BCUT2D eigenvalue weighted by Crippen LogP contribution is -2.23. The second-order valence-electron chi connectivity index (χ2n) is 11.8. The lowest BCUT2D eigenvalue weighted by Gasteiger charge is -2.35. The summed E-state index contributed by atoms with van der Waals surface area (Å²) in [6.07, 6.45) is 0. The van der Waals surface area contributed by atoms with E-state index in [1.54, 1.807) is 0 Å². The molecule has 0 N–H and O–H groups in total. The van der Waals surface area contributed by atoms with Gasteiger partial charge in [0.25, 0.3) is 0 Å². The third kappa shape index (κ3) is 3.05. The van der Waals surface area contributed by atoms with Gasteiger partial charge >= 0.3 is 0 Å². The normalized spacial score (nSPS) is 13.7. The van der Waals surface area contributed by atoms with Crippen molar-refractivity contribution in [2.45, 2.75) is 19.3 Å². The van der Waals surface area contributed by atoms with E-state index in [0.717, 1.165) is 33.2 Å². The summed E-state index contributed by atoms with van der Waals surface area (Å²) in [5.41, 5.74) is 10.4. The maximum atomic E-state index is 5.28. The molecule has 0 bridgehead atoms. The van der Waals surface area contributed by atoms with Crippen LogP contribution >= 0.6 is 0 Å². The highest BCUT2D eigenvalue weighted by Gasteiger charge is 2.35. The molecule has 0 unspecified atom stereocenters. The Morgan fingerprint density at radius 1 is 0.548 bits per heavy atom. The maximum Gasteiger partial charge on any atom is 0.235 e. The Labute approximate surface area is 243 Å². The molecule has 0 saturated heterocycles. The van der Waals surface area contributed by atoms with Crippen LogP contribution in [0.3, 0.4) is 0 Å². The molecule has 9 rings (SSSR count). The molecule has 1 aliphatic carbocycles. The van der Waals surface area contributed by atoms with Crippen LogP contribution in [0.1, 0.15) is 25.0 Å². The van der Waals surface area contributed by atoms with Gasteiger partial charge in [-0.3, -0.25) is 4.57 Å². The first-order chi connectivity index (χ1) is 20.6. The molecule has 0 saturated carbocycles. The highest BCUT2D eigenvalue weighted by atomic mass is 15.2. The van der Waals surface area contributed by atoms with Crippen molar-refractivity contribution in [2.75, 3.05) is 0 Å². The molecule has 0 aliphatic heterocycles. The third-order valence-electron chi connectivity index (χ3n) is 9.20. The zero-order valence-electron chi connectivity index (χ0n) is 23.5. The van der Waals surface area contributed by atoms with Crippen molar-refractivity contribution in [1.82, 2.24) is 14.5 Å². The summed E-state index contributed by atoms with van der Waals surface area (Å²) < 4.78 is 2.26. The largest absolute Gasteiger partial charge is 0.278 e. The zero-order chi connectivity index (χ0) is 28.0. The third-order valence-corrected chi connectivity index (χ3v) is 9.20. The van der Waals surface area contributed by atoms with Gasteiger partial charge in [-0.25, -0.2) is 9.97 Å². The topological polar surface area (TPSA) is 30.7 Å². The van der Waals surface area contributed by atoms with E-state index in [1.165, 1.54) is 43.8 Å². The van der Waals surface area contributed by atoms with Gasteiger partial charge in [-0.1, -0.05) is 123 Å². The smallest absolute Gasteiger partial charge is 0.235 e. The first-order valence-electron chi connectivity index (χ1n) is 14.5. The quantitative estimate of drug-likeness (QED) is 0.220. The summed E-state index contributed by atoms with van der Waals surface area (Å²) in [5.74, 6) is 0.687. The Kier molecular flexibility index (Phi) is 4.67. The van der Waals surface area contributed by atoms with E-state index >= 15 is 0 Å². The highest BCUT2D eigenvalue weighted by Crippen LogP contribution is 2.52. The van der Waals surface area contributed by atoms with Gasteiger partial charge in [0.05, 0.1) is 22.2 Å². The number of para-hydroxylation sites is 2. The first-order valence-corrected chi connectivity index (χ1v) is 14.5. The van der Waals surface area contributed by atoms with Gasteiger partial charge in [0.15, 0.2) is 0 Å². The van der Waals surface area contributed by atoms with Crippen LogP contribution in [0.4, 0.5) is 0 Å². The van der Waals surface area contributed by atoms with Crippen LogP contribution in [0.2, 0.25) is 0 Å². The van der Waals surface area contributed by atoms with Crippen LogP contribution in [-0.4, -0.2) is 14.5 Å². The number of hydrogen-bond donors (Lipinski definition) is 0. The number of hydrogen-bond acceptors (Lipinski definition) is 2. The molecule has 198 valence electrons. The van der Waals surface area contributed by atoms with E-state index in [-0.39, 0.29) is 5.41 Å². The molecule has 1 aliphatic rings. The van der Waals surface area contributed by atoms with Crippen molar-refractivity contribution < 1.29 is 0 Å². The predicted molar refractivity (Wildman–Crippen MR) is 174 cm³/mol. The van der Waals surface area contributed by atoms with Crippen LogP contribution in [0.25, 0.3) is 71.8 Å². The van der Waals surface area contributed by atoms with Gasteiger partial charge in [-0.2, -0.15) is 0 Å².